The number of rotatable bonds is 3. The minimum Gasteiger partial charge on any atom is -0.398 e. The number of likely N-dealkylation sites (N-methyl/N-ethyl adjacent to an activating group) is 1. The van der Waals surface area contributed by atoms with Crippen molar-refractivity contribution in [2.24, 2.45) is 0 Å². The minimum absolute atomic E-state index is 0.0301. The zero-order chi connectivity index (χ0) is 14.8. The SMILES string of the molecule is CN1CCN(C(=O)CS(=O)(=O)c2ccccc2N)CC1. The molecule has 0 spiro atoms. The molecule has 1 fully saturated rings. The minimum atomic E-state index is -3.68. The predicted molar refractivity (Wildman–Crippen MR) is 77.0 cm³/mol. The molecule has 1 saturated heterocycles. The summed E-state index contributed by atoms with van der Waals surface area (Å²) in [7, 11) is -1.71. The summed E-state index contributed by atoms with van der Waals surface area (Å²) in [5, 5.41) is 0. The average molecular weight is 297 g/mol. The third-order valence-corrected chi connectivity index (χ3v) is 5.09. The Morgan fingerprint density at radius 3 is 2.40 bits per heavy atom. The Kier molecular flexibility index (Phi) is 4.29. The van der Waals surface area contributed by atoms with Crippen LogP contribution in [0.3, 0.4) is 0 Å². The fourth-order valence-electron chi connectivity index (χ4n) is 2.15. The Balaban J connectivity index is 2.09. The third-order valence-electron chi connectivity index (χ3n) is 3.42. The molecule has 0 aliphatic carbocycles. The van der Waals surface area contributed by atoms with Gasteiger partial charge in [0.25, 0.3) is 0 Å². The highest BCUT2D eigenvalue weighted by Crippen LogP contribution is 2.19. The molecular formula is C13H19N3O3S. The number of amides is 1. The van der Waals surface area contributed by atoms with Crippen LogP contribution in [0.15, 0.2) is 29.2 Å². The van der Waals surface area contributed by atoms with Crippen molar-refractivity contribution in [2.75, 3.05) is 44.7 Å². The normalized spacial score (nSPS) is 17.1. The molecule has 1 amide bonds. The molecule has 1 aromatic rings. The second kappa shape index (κ2) is 5.80. The second-order valence-electron chi connectivity index (χ2n) is 4.98. The molecule has 0 atom stereocenters. The first-order chi connectivity index (χ1) is 9.40. The van der Waals surface area contributed by atoms with E-state index in [4.69, 9.17) is 5.73 Å². The van der Waals surface area contributed by atoms with Gasteiger partial charge in [0.15, 0.2) is 9.84 Å². The van der Waals surface area contributed by atoms with Crippen molar-refractivity contribution < 1.29 is 13.2 Å². The Morgan fingerprint density at radius 2 is 1.80 bits per heavy atom. The number of nitrogen functional groups attached to an aromatic ring is 1. The van der Waals surface area contributed by atoms with Crippen molar-refractivity contribution in [3.63, 3.8) is 0 Å². The summed E-state index contributed by atoms with van der Waals surface area (Å²) in [5.41, 5.74) is 5.85. The lowest BCUT2D eigenvalue weighted by Crippen LogP contribution is -2.48. The van der Waals surface area contributed by atoms with Crippen molar-refractivity contribution in [1.29, 1.82) is 0 Å². The van der Waals surface area contributed by atoms with Crippen molar-refractivity contribution in [3.8, 4) is 0 Å². The molecule has 6 nitrogen and oxygen atoms in total. The smallest absolute Gasteiger partial charge is 0.238 e. The van der Waals surface area contributed by atoms with Crippen LogP contribution in [-0.2, 0) is 14.6 Å². The van der Waals surface area contributed by atoms with Gasteiger partial charge in [0.2, 0.25) is 5.91 Å². The van der Waals surface area contributed by atoms with Gasteiger partial charge in [-0.25, -0.2) is 8.42 Å². The van der Waals surface area contributed by atoms with Crippen LogP contribution in [0.25, 0.3) is 0 Å². The van der Waals surface area contributed by atoms with Gasteiger partial charge in [-0.05, 0) is 19.2 Å². The number of nitrogens with zero attached hydrogens (tertiary/aromatic N) is 2. The summed E-state index contributed by atoms with van der Waals surface area (Å²) in [4.78, 5) is 15.8. The van der Waals surface area contributed by atoms with E-state index in [-0.39, 0.29) is 16.5 Å². The quantitative estimate of drug-likeness (QED) is 0.782. The van der Waals surface area contributed by atoms with E-state index >= 15 is 0 Å². The first-order valence-corrected chi connectivity index (χ1v) is 8.09. The van der Waals surface area contributed by atoms with E-state index < -0.39 is 15.6 Å². The van der Waals surface area contributed by atoms with Crippen LogP contribution in [0.4, 0.5) is 5.69 Å². The molecule has 0 saturated carbocycles. The van der Waals surface area contributed by atoms with E-state index in [2.05, 4.69) is 4.90 Å². The predicted octanol–water partition coefficient (Wildman–Crippen LogP) is -0.183. The number of piperazine rings is 1. The number of anilines is 1. The van der Waals surface area contributed by atoms with Gasteiger partial charge in [-0.15, -0.1) is 0 Å². The van der Waals surface area contributed by atoms with Crippen LogP contribution in [0.1, 0.15) is 0 Å². The fraction of sp³-hybridized carbons (Fsp3) is 0.462. The molecule has 1 heterocycles. The topological polar surface area (TPSA) is 83.7 Å². The molecule has 2 rings (SSSR count). The molecule has 1 aliphatic rings. The molecule has 20 heavy (non-hydrogen) atoms. The largest absolute Gasteiger partial charge is 0.398 e. The maximum absolute atomic E-state index is 12.2. The lowest BCUT2D eigenvalue weighted by molar-refractivity contribution is -0.129. The number of carbonyl (C=O) groups is 1. The summed E-state index contributed by atoms with van der Waals surface area (Å²) >= 11 is 0. The number of sulfone groups is 1. The van der Waals surface area contributed by atoms with Crippen LogP contribution in [-0.4, -0.2) is 63.1 Å². The van der Waals surface area contributed by atoms with Crippen LogP contribution < -0.4 is 5.73 Å². The van der Waals surface area contributed by atoms with Gasteiger partial charge in [-0.3, -0.25) is 4.79 Å². The number of benzene rings is 1. The highest BCUT2D eigenvalue weighted by molar-refractivity contribution is 7.92. The van der Waals surface area contributed by atoms with Crippen LogP contribution in [0.5, 0.6) is 0 Å². The molecule has 1 aliphatic heterocycles. The van der Waals surface area contributed by atoms with Crippen LogP contribution in [0, 0.1) is 0 Å². The van der Waals surface area contributed by atoms with Crippen molar-refractivity contribution >= 4 is 21.4 Å². The molecular weight excluding hydrogens is 278 g/mol. The number of carbonyl (C=O) groups excluding carboxylic acids is 1. The van der Waals surface area contributed by atoms with Crippen molar-refractivity contribution in [1.82, 2.24) is 9.80 Å². The molecule has 0 bridgehead atoms. The van der Waals surface area contributed by atoms with Gasteiger partial charge in [-0.1, -0.05) is 12.1 Å². The first kappa shape index (κ1) is 14.8. The van der Waals surface area contributed by atoms with E-state index in [9.17, 15) is 13.2 Å². The fourth-order valence-corrected chi connectivity index (χ4v) is 3.53. The van der Waals surface area contributed by atoms with Gasteiger partial charge in [0, 0.05) is 26.2 Å². The van der Waals surface area contributed by atoms with E-state index in [1.54, 1.807) is 17.0 Å². The monoisotopic (exact) mass is 297 g/mol. The van der Waals surface area contributed by atoms with E-state index in [0.29, 0.717) is 13.1 Å². The molecule has 7 heteroatoms. The summed E-state index contributed by atoms with van der Waals surface area (Å²) < 4.78 is 24.5. The third kappa shape index (κ3) is 3.29. The van der Waals surface area contributed by atoms with Gasteiger partial charge in [0.05, 0.1) is 10.6 Å². The maximum Gasteiger partial charge on any atom is 0.238 e. The summed E-state index contributed by atoms with van der Waals surface area (Å²) in [5.74, 6) is -0.883. The Morgan fingerprint density at radius 1 is 1.20 bits per heavy atom. The molecule has 2 N–H and O–H groups in total. The molecule has 0 radical (unpaired) electrons. The molecule has 0 aromatic heterocycles. The lowest BCUT2D eigenvalue weighted by atomic mass is 10.3. The van der Waals surface area contributed by atoms with Gasteiger partial charge >= 0.3 is 0 Å². The highest BCUT2D eigenvalue weighted by atomic mass is 32.2. The average Bonchev–Trinajstić information content (AvgIpc) is 2.39. The standard InChI is InChI=1S/C13H19N3O3S/c1-15-6-8-16(9-7-15)13(17)10-20(18,19)12-5-3-2-4-11(12)14/h2-5H,6-10,14H2,1H3. The second-order valence-corrected chi connectivity index (χ2v) is 6.94. The first-order valence-electron chi connectivity index (χ1n) is 6.44. The van der Waals surface area contributed by atoms with Gasteiger partial charge < -0.3 is 15.5 Å². The Labute approximate surface area is 119 Å². The summed E-state index contributed by atoms with van der Waals surface area (Å²) in [6.07, 6.45) is 0. The summed E-state index contributed by atoms with van der Waals surface area (Å²) in [6, 6.07) is 6.22. The van der Waals surface area contributed by atoms with Crippen molar-refractivity contribution in [2.45, 2.75) is 4.90 Å². The number of hydrogen-bond donors (Lipinski definition) is 1. The van der Waals surface area contributed by atoms with Crippen molar-refractivity contribution in [3.05, 3.63) is 24.3 Å². The molecule has 0 unspecified atom stereocenters. The highest BCUT2D eigenvalue weighted by Gasteiger charge is 2.26. The molecule has 110 valence electrons. The molecule has 1 aromatic carbocycles. The number of nitrogens with two attached hydrogens (primary N) is 1. The van der Waals surface area contributed by atoms with E-state index in [1.807, 2.05) is 7.05 Å². The van der Waals surface area contributed by atoms with Gasteiger partial charge in [-0.2, -0.15) is 0 Å². The zero-order valence-corrected chi connectivity index (χ0v) is 12.3. The Hall–Kier alpha value is -1.60. The van der Waals surface area contributed by atoms with Gasteiger partial charge in [0.1, 0.15) is 5.75 Å². The van der Waals surface area contributed by atoms with Crippen LogP contribution in [0.2, 0.25) is 0 Å². The summed E-state index contributed by atoms with van der Waals surface area (Å²) in [6.45, 7) is 2.66. The zero-order valence-electron chi connectivity index (χ0n) is 11.4. The Bertz CT molecular complexity index is 593. The number of para-hydroxylation sites is 1. The lowest BCUT2D eigenvalue weighted by Gasteiger charge is -2.32. The van der Waals surface area contributed by atoms with E-state index in [0.717, 1.165) is 13.1 Å². The van der Waals surface area contributed by atoms with Crippen LogP contribution >= 0.6 is 0 Å². The number of hydrogen-bond acceptors (Lipinski definition) is 5. The van der Waals surface area contributed by atoms with E-state index in [1.165, 1.54) is 12.1 Å². The maximum atomic E-state index is 12.2.